The maximum Gasteiger partial charge on any atom is 0.0929 e. The molecule has 15 heavy (non-hydrogen) atoms. The summed E-state index contributed by atoms with van der Waals surface area (Å²) in [6, 6.07) is 3.83. The fourth-order valence-electron chi connectivity index (χ4n) is 1.20. The van der Waals surface area contributed by atoms with Crippen molar-refractivity contribution in [3.05, 3.63) is 29.6 Å². The van der Waals surface area contributed by atoms with E-state index in [0.29, 0.717) is 6.54 Å². The fourth-order valence-corrected chi connectivity index (χ4v) is 1.20. The van der Waals surface area contributed by atoms with Crippen LogP contribution in [0.4, 0.5) is 0 Å². The van der Waals surface area contributed by atoms with E-state index in [0.717, 1.165) is 11.3 Å². The standard InChI is InChI=1S/C12H20N2O/c1-9-5-6-10(7-13-9)11(15)8-14-12(2,3)4/h5-7,11,14-15H,8H2,1-4H3. The minimum absolute atomic E-state index is 0.0269. The van der Waals surface area contributed by atoms with Crippen LogP contribution in [0.2, 0.25) is 0 Å². The fraction of sp³-hybridized carbons (Fsp3) is 0.583. The lowest BCUT2D eigenvalue weighted by molar-refractivity contribution is 0.163. The average Bonchev–Trinajstić information content (AvgIpc) is 2.14. The molecule has 1 rings (SSSR count). The van der Waals surface area contributed by atoms with Gasteiger partial charge in [0.05, 0.1) is 6.10 Å². The van der Waals surface area contributed by atoms with Crippen molar-refractivity contribution in [1.82, 2.24) is 10.3 Å². The molecule has 3 heteroatoms. The van der Waals surface area contributed by atoms with E-state index in [-0.39, 0.29) is 5.54 Å². The lowest BCUT2D eigenvalue weighted by atomic mass is 10.1. The maximum atomic E-state index is 9.87. The molecule has 1 heterocycles. The Balaban J connectivity index is 2.54. The highest BCUT2D eigenvalue weighted by atomic mass is 16.3. The molecule has 0 aliphatic rings. The molecule has 1 aromatic heterocycles. The van der Waals surface area contributed by atoms with E-state index in [1.807, 2.05) is 19.1 Å². The molecule has 0 aliphatic heterocycles. The molecule has 0 aliphatic carbocycles. The van der Waals surface area contributed by atoms with Gasteiger partial charge in [-0.05, 0) is 33.8 Å². The first-order valence-corrected chi connectivity index (χ1v) is 5.24. The second kappa shape index (κ2) is 4.73. The quantitative estimate of drug-likeness (QED) is 0.796. The molecule has 3 nitrogen and oxygen atoms in total. The first-order valence-electron chi connectivity index (χ1n) is 5.24. The molecule has 0 bridgehead atoms. The van der Waals surface area contributed by atoms with E-state index < -0.39 is 6.10 Å². The van der Waals surface area contributed by atoms with Gasteiger partial charge in [0.15, 0.2) is 0 Å². The molecule has 0 aromatic carbocycles. The molecule has 2 N–H and O–H groups in total. The molecule has 0 amide bonds. The largest absolute Gasteiger partial charge is 0.387 e. The summed E-state index contributed by atoms with van der Waals surface area (Å²) in [6.45, 7) is 8.71. The lowest BCUT2D eigenvalue weighted by Crippen LogP contribution is -2.38. The normalized spacial score (nSPS) is 13.9. The van der Waals surface area contributed by atoms with Gasteiger partial charge in [0.25, 0.3) is 0 Å². The summed E-state index contributed by atoms with van der Waals surface area (Å²) in [5.74, 6) is 0. The Morgan fingerprint density at radius 3 is 2.53 bits per heavy atom. The second-order valence-electron chi connectivity index (χ2n) is 4.88. The molecule has 0 spiro atoms. The third kappa shape index (κ3) is 4.40. The highest BCUT2D eigenvalue weighted by molar-refractivity contribution is 5.15. The van der Waals surface area contributed by atoms with Gasteiger partial charge >= 0.3 is 0 Å². The zero-order valence-electron chi connectivity index (χ0n) is 9.91. The smallest absolute Gasteiger partial charge is 0.0929 e. The first-order chi connectivity index (χ1) is 6.88. The first kappa shape index (κ1) is 12.1. The van der Waals surface area contributed by atoms with Crippen LogP contribution in [0.3, 0.4) is 0 Å². The van der Waals surface area contributed by atoms with Gasteiger partial charge in [0, 0.05) is 29.5 Å². The molecule has 0 radical (unpaired) electrons. The Labute approximate surface area is 91.5 Å². The monoisotopic (exact) mass is 208 g/mol. The molecule has 84 valence electrons. The molecule has 0 saturated heterocycles. The molecular formula is C12H20N2O. The summed E-state index contributed by atoms with van der Waals surface area (Å²) >= 11 is 0. The zero-order valence-corrected chi connectivity index (χ0v) is 9.91. The minimum atomic E-state index is -0.489. The van der Waals surface area contributed by atoms with E-state index in [4.69, 9.17) is 0 Å². The van der Waals surface area contributed by atoms with Gasteiger partial charge in [-0.3, -0.25) is 4.98 Å². The van der Waals surface area contributed by atoms with Crippen LogP contribution in [0.1, 0.15) is 38.1 Å². The number of aliphatic hydroxyl groups is 1. The number of β-amino-alcohol motifs (C(OH)–C–C–N with tert-alkyl or cyclic N) is 1. The number of aromatic nitrogens is 1. The summed E-state index contributed by atoms with van der Waals surface area (Å²) < 4.78 is 0. The van der Waals surface area contributed by atoms with E-state index in [9.17, 15) is 5.11 Å². The van der Waals surface area contributed by atoms with Gasteiger partial charge in [-0.15, -0.1) is 0 Å². The predicted octanol–water partition coefficient (Wildman–Crippen LogP) is 1.81. The Bertz CT molecular complexity index is 300. The summed E-state index contributed by atoms with van der Waals surface area (Å²) in [4.78, 5) is 4.16. The van der Waals surface area contributed by atoms with Gasteiger partial charge < -0.3 is 10.4 Å². The number of nitrogens with one attached hydrogen (secondary N) is 1. The van der Waals surface area contributed by atoms with Crippen molar-refractivity contribution in [1.29, 1.82) is 0 Å². The van der Waals surface area contributed by atoms with Crippen LogP contribution in [0, 0.1) is 6.92 Å². The average molecular weight is 208 g/mol. The van der Waals surface area contributed by atoms with Gasteiger partial charge in [0.1, 0.15) is 0 Å². The van der Waals surface area contributed by atoms with Gasteiger partial charge in [-0.25, -0.2) is 0 Å². The topological polar surface area (TPSA) is 45.1 Å². The van der Waals surface area contributed by atoms with Crippen molar-refractivity contribution in [2.45, 2.75) is 39.3 Å². The third-order valence-corrected chi connectivity index (χ3v) is 2.14. The van der Waals surface area contributed by atoms with Crippen LogP contribution in [0.5, 0.6) is 0 Å². The Morgan fingerprint density at radius 2 is 2.07 bits per heavy atom. The summed E-state index contributed by atoms with van der Waals surface area (Å²) in [5, 5.41) is 13.1. The number of aliphatic hydroxyl groups excluding tert-OH is 1. The van der Waals surface area contributed by atoms with E-state index in [1.165, 1.54) is 0 Å². The van der Waals surface area contributed by atoms with Gasteiger partial charge in [-0.1, -0.05) is 6.07 Å². The second-order valence-corrected chi connectivity index (χ2v) is 4.88. The van der Waals surface area contributed by atoms with Gasteiger partial charge in [0.2, 0.25) is 0 Å². The van der Waals surface area contributed by atoms with Crippen molar-refractivity contribution >= 4 is 0 Å². The molecular weight excluding hydrogens is 188 g/mol. The van der Waals surface area contributed by atoms with Crippen molar-refractivity contribution in [3.8, 4) is 0 Å². The van der Waals surface area contributed by atoms with E-state index >= 15 is 0 Å². The number of rotatable bonds is 3. The third-order valence-electron chi connectivity index (χ3n) is 2.14. The van der Waals surface area contributed by atoms with Crippen LogP contribution in [-0.4, -0.2) is 22.2 Å². The minimum Gasteiger partial charge on any atom is -0.387 e. The summed E-state index contributed by atoms with van der Waals surface area (Å²) in [6.07, 6.45) is 1.24. The van der Waals surface area contributed by atoms with Crippen molar-refractivity contribution in [2.24, 2.45) is 0 Å². The summed E-state index contributed by atoms with van der Waals surface area (Å²) in [7, 11) is 0. The van der Waals surface area contributed by atoms with Crippen LogP contribution < -0.4 is 5.32 Å². The van der Waals surface area contributed by atoms with Crippen molar-refractivity contribution < 1.29 is 5.11 Å². The maximum absolute atomic E-state index is 9.87. The number of nitrogens with zero attached hydrogens (tertiary/aromatic N) is 1. The van der Waals surface area contributed by atoms with Crippen molar-refractivity contribution in [2.75, 3.05) is 6.54 Å². The number of pyridine rings is 1. The molecule has 1 atom stereocenters. The number of hydrogen-bond acceptors (Lipinski definition) is 3. The highest BCUT2D eigenvalue weighted by Gasteiger charge is 2.13. The van der Waals surface area contributed by atoms with E-state index in [2.05, 4.69) is 31.1 Å². The zero-order chi connectivity index (χ0) is 11.5. The number of hydrogen-bond donors (Lipinski definition) is 2. The lowest BCUT2D eigenvalue weighted by Gasteiger charge is -2.22. The van der Waals surface area contributed by atoms with Crippen LogP contribution in [0.25, 0.3) is 0 Å². The molecule has 1 aromatic rings. The highest BCUT2D eigenvalue weighted by Crippen LogP contribution is 2.12. The Hall–Kier alpha value is -0.930. The molecule has 1 unspecified atom stereocenters. The SMILES string of the molecule is Cc1ccc(C(O)CNC(C)(C)C)cn1. The van der Waals surface area contributed by atoms with E-state index in [1.54, 1.807) is 6.20 Å². The van der Waals surface area contributed by atoms with Crippen LogP contribution >= 0.6 is 0 Å². The Kier molecular flexibility index (Phi) is 3.83. The van der Waals surface area contributed by atoms with Crippen LogP contribution in [-0.2, 0) is 0 Å². The predicted molar refractivity (Wildman–Crippen MR) is 61.7 cm³/mol. The number of aryl methyl sites for hydroxylation is 1. The van der Waals surface area contributed by atoms with Crippen molar-refractivity contribution in [3.63, 3.8) is 0 Å². The summed E-state index contributed by atoms with van der Waals surface area (Å²) in [5.41, 5.74) is 1.85. The molecule has 0 fully saturated rings. The Morgan fingerprint density at radius 1 is 1.40 bits per heavy atom. The van der Waals surface area contributed by atoms with Gasteiger partial charge in [-0.2, -0.15) is 0 Å². The van der Waals surface area contributed by atoms with Crippen LogP contribution in [0.15, 0.2) is 18.3 Å². The molecule has 0 saturated carbocycles.